The molecular weight excluding hydrogens is 392 g/mol. The molecule has 8 heteroatoms. The monoisotopic (exact) mass is 408 g/mol. The van der Waals surface area contributed by atoms with Crippen LogP contribution in [-0.2, 0) is 21.2 Å². The second-order valence-corrected chi connectivity index (χ2v) is 9.65. The summed E-state index contributed by atoms with van der Waals surface area (Å²) in [5.74, 6) is 0.803. The van der Waals surface area contributed by atoms with E-state index in [9.17, 15) is 13.2 Å². The third-order valence-corrected chi connectivity index (χ3v) is 7.42. The van der Waals surface area contributed by atoms with Gasteiger partial charge in [0.25, 0.3) is 0 Å². The van der Waals surface area contributed by atoms with Crippen LogP contribution in [0.15, 0.2) is 46.2 Å². The van der Waals surface area contributed by atoms with Crippen molar-refractivity contribution in [3.8, 4) is 0 Å². The number of sulfonamides is 1. The Hall–Kier alpha value is -1.54. The Morgan fingerprint density at radius 2 is 2.00 bits per heavy atom. The van der Waals surface area contributed by atoms with Crippen LogP contribution in [0.1, 0.15) is 30.0 Å². The van der Waals surface area contributed by atoms with E-state index in [-0.39, 0.29) is 16.8 Å². The Labute approximate surface area is 161 Å². The molecule has 0 radical (unpaired) electrons. The predicted molar refractivity (Wildman–Crippen MR) is 103 cm³/mol. The number of aryl methyl sites for hydroxylation is 1. The summed E-state index contributed by atoms with van der Waals surface area (Å²) in [6.07, 6.45) is 1.62. The molecule has 136 valence electrons. The molecule has 0 saturated carbocycles. The number of benzene rings is 2. The number of hydrogen-bond acceptors (Lipinski definition) is 4. The number of carbonyl (C=O) groups is 1. The van der Waals surface area contributed by atoms with E-state index in [2.05, 4.69) is 10.0 Å². The third kappa shape index (κ3) is 3.49. The largest absolute Gasteiger partial charge is 0.326 e. The van der Waals surface area contributed by atoms with Crippen LogP contribution < -0.4 is 10.0 Å². The average Bonchev–Trinajstić information content (AvgIpc) is 2.61. The zero-order valence-corrected chi connectivity index (χ0v) is 16.2. The second-order valence-electron chi connectivity index (χ2n) is 6.36. The van der Waals surface area contributed by atoms with E-state index in [0.29, 0.717) is 30.0 Å². The maximum absolute atomic E-state index is 12.9. The van der Waals surface area contributed by atoms with Crippen LogP contribution in [0.3, 0.4) is 0 Å². The molecular formula is C18H17ClN2O3S2. The summed E-state index contributed by atoms with van der Waals surface area (Å²) in [5.41, 5.74) is 2.45. The lowest BCUT2D eigenvalue weighted by atomic mass is 10.0. The molecule has 2 N–H and O–H groups in total. The highest BCUT2D eigenvalue weighted by Gasteiger charge is 2.27. The van der Waals surface area contributed by atoms with E-state index in [1.807, 2.05) is 18.2 Å². The lowest BCUT2D eigenvalue weighted by Crippen LogP contribution is -2.31. The van der Waals surface area contributed by atoms with Gasteiger partial charge in [-0.15, -0.1) is 11.8 Å². The predicted octanol–water partition coefficient (Wildman–Crippen LogP) is 3.74. The molecule has 0 saturated heterocycles. The Morgan fingerprint density at radius 1 is 1.15 bits per heavy atom. The third-order valence-electron chi connectivity index (χ3n) is 4.59. The van der Waals surface area contributed by atoms with Gasteiger partial charge in [-0.25, -0.2) is 13.1 Å². The maximum Gasteiger partial charge on any atom is 0.241 e. The fourth-order valence-electron chi connectivity index (χ4n) is 3.27. The summed E-state index contributed by atoms with van der Waals surface area (Å²) < 4.78 is 28.6. The summed E-state index contributed by atoms with van der Waals surface area (Å²) in [7, 11) is -3.68. The van der Waals surface area contributed by atoms with Crippen LogP contribution in [0, 0.1) is 0 Å². The molecule has 4 rings (SSSR count). The summed E-state index contributed by atoms with van der Waals surface area (Å²) in [5, 5.41) is 3.36. The molecule has 2 aromatic carbocycles. The van der Waals surface area contributed by atoms with Gasteiger partial charge in [0.05, 0.1) is 4.90 Å². The molecule has 2 aliphatic rings. The lowest BCUT2D eigenvalue weighted by molar-refractivity contribution is -0.116. The minimum absolute atomic E-state index is 0.0422. The Kier molecular flexibility index (Phi) is 4.73. The molecule has 2 aromatic rings. The van der Waals surface area contributed by atoms with Crippen molar-refractivity contribution in [1.29, 1.82) is 0 Å². The van der Waals surface area contributed by atoms with E-state index in [1.165, 1.54) is 6.07 Å². The molecule has 2 aliphatic heterocycles. The molecule has 5 nitrogen and oxygen atoms in total. The SMILES string of the molecule is O=C1CCc2cc(S(=O)(=O)NC3CCSc4ccc(Cl)cc43)ccc2N1. The summed E-state index contributed by atoms with van der Waals surface area (Å²) in [4.78, 5) is 12.7. The second kappa shape index (κ2) is 6.88. The number of nitrogens with one attached hydrogen (secondary N) is 2. The molecule has 2 heterocycles. The number of anilines is 1. The normalized spacial score (nSPS) is 19.4. The standard InChI is InChI=1S/C18H17ClN2O3S2/c19-12-2-5-17-14(10-12)16(7-8-25-17)21-26(23,24)13-3-4-15-11(9-13)1-6-18(22)20-15/h2-5,9-10,16,21H,1,6-8H2,(H,20,22). The van der Waals surface area contributed by atoms with Crippen molar-refractivity contribution in [3.05, 3.63) is 52.5 Å². The van der Waals surface area contributed by atoms with Crippen molar-refractivity contribution >= 4 is 45.0 Å². The lowest BCUT2D eigenvalue weighted by Gasteiger charge is -2.26. The van der Waals surface area contributed by atoms with E-state index in [1.54, 1.807) is 23.9 Å². The Morgan fingerprint density at radius 3 is 2.85 bits per heavy atom. The quantitative estimate of drug-likeness (QED) is 0.811. The molecule has 1 atom stereocenters. The van der Waals surface area contributed by atoms with Gasteiger partial charge in [0, 0.05) is 28.1 Å². The molecule has 0 spiro atoms. The fraction of sp³-hybridized carbons (Fsp3) is 0.278. The van der Waals surface area contributed by atoms with Crippen LogP contribution in [0.4, 0.5) is 5.69 Å². The van der Waals surface area contributed by atoms with Crippen molar-refractivity contribution < 1.29 is 13.2 Å². The van der Waals surface area contributed by atoms with Gasteiger partial charge in [-0.2, -0.15) is 0 Å². The number of halogens is 1. The topological polar surface area (TPSA) is 75.3 Å². The average molecular weight is 409 g/mol. The number of carbonyl (C=O) groups excluding carboxylic acids is 1. The molecule has 26 heavy (non-hydrogen) atoms. The molecule has 0 aliphatic carbocycles. The highest BCUT2D eigenvalue weighted by molar-refractivity contribution is 7.99. The maximum atomic E-state index is 12.9. The van der Waals surface area contributed by atoms with Crippen LogP contribution in [-0.4, -0.2) is 20.1 Å². The first-order valence-corrected chi connectivity index (χ1v) is 11.1. The molecule has 0 fully saturated rings. The van der Waals surface area contributed by atoms with Gasteiger partial charge >= 0.3 is 0 Å². The Balaban J connectivity index is 1.63. The van der Waals surface area contributed by atoms with Crippen molar-refractivity contribution in [1.82, 2.24) is 4.72 Å². The molecule has 0 bridgehead atoms. The number of amides is 1. The van der Waals surface area contributed by atoms with Crippen LogP contribution >= 0.6 is 23.4 Å². The van der Waals surface area contributed by atoms with Crippen molar-refractivity contribution in [3.63, 3.8) is 0 Å². The zero-order chi connectivity index (χ0) is 18.3. The summed E-state index contributed by atoms with van der Waals surface area (Å²) in [6.45, 7) is 0. The van der Waals surface area contributed by atoms with Crippen molar-refractivity contribution in [2.45, 2.75) is 35.1 Å². The van der Waals surface area contributed by atoms with Crippen LogP contribution in [0.2, 0.25) is 5.02 Å². The van der Waals surface area contributed by atoms with Gasteiger partial charge in [0.2, 0.25) is 15.9 Å². The molecule has 0 aromatic heterocycles. The van der Waals surface area contributed by atoms with E-state index in [4.69, 9.17) is 11.6 Å². The first-order chi connectivity index (χ1) is 12.4. The number of fused-ring (bicyclic) bond motifs is 2. The highest BCUT2D eigenvalue weighted by atomic mass is 35.5. The van der Waals surface area contributed by atoms with Crippen molar-refractivity contribution in [2.24, 2.45) is 0 Å². The fourth-order valence-corrected chi connectivity index (χ4v) is 5.86. The van der Waals surface area contributed by atoms with Gasteiger partial charge in [-0.05, 0) is 66.1 Å². The summed E-state index contributed by atoms with van der Waals surface area (Å²) in [6, 6.07) is 10.1. The molecule has 1 amide bonds. The van der Waals surface area contributed by atoms with Gasteiger partial charge in [-0.1, -0.05) is 11.6 Å². The zero-order valence-electron chi connectivity index (χ0n) is 13.8. The minimum Gasteiger partial charge on any atom is -0.326 e. The van der Waals surface area contributed by atoms with Crippen molar-refractivity contribution in [2.75, 3.05) is 11.1 Å². The number of hydrogen-bond donors (Lipinski definition) is 2. The van der Waals surface area contributed by atoms with E-state index >= 15 is 0 Å². The number of rotatable bonds is 3. The van der Waals surface area contributed by atoms with E-state index < -0.39 is 10.0 Å². The first-order valence-electron chi connectivity index (χ1n) is 8.30. The Bertz CT molecular complexity index is 992. The van der Waals surface area contributed by atoms with E-state index in [0.717, 1.165) is 21.8 Å². The van der Waals surface area contributed by atoms with Crippen LogP contribution in [0.5, 0.6) is 0 Å². The van der Waals surface area contributed by atoms with Gasteiger partial charge in [-0.3, -0.25) is 4.79 Å². The number of thioether (sulfide) groups is 1. The summed E-state index contributed by atoms with van der Waals surface area (Å²) >= 11 is 7.81. The highest BCUT2D eigenvalue weighted by Crippen LogP contribution is 2.38. The smallest absolute Gasteiger partial charge is 0.241 e. The van der Waals surface area contributed by atoms with Gasteiger partial charge in [0.1, 0.15) is 0 Å². The van der Waals surface area contributed by atoms with Gasteiger partial charge < -0.3 is 5.32 Å². The molecule has 1 unspecified atom stereocenters. The van der Waals surface area contributed by atoms with Crippen LogP contribution in [0.25, 0.3) is 0 Å². The first kappa shape index (κ1) is 17.9. The minimum atomic E-state index is -3.68. The van der Waals surface area contributed by atoms with Gasteiger partial charge in [0.15, 0.2) is 0 Å².